The number of aromatic amines is 1. The Balaban J connectivity index is 1.23. The van der Waals surface area contributed by atoms with Crippen molar-refractivity contribution in [1.29, 1.82) is 0 Å². The second-order valence-corrected chi connectivity index (χ2v) is 8.52. The summed E-state index contributed by atoms with van der Waals surface area (Å²) in [5.41, 5.74) is 4.79. The summed E-state index contributed by atoms with van der Waals surface area (Å²) >= 11 is 6.46. The highest BCUT2D eigenvalue weighted by atomic mass is 35.5. The second-order valence-electron chi connectivity index (χ2n) is 8.12. The molecule has 6 rings (SSSR count). The van der Waals surface area contributed by atoms with Crippen LogP contribution in [0.4, 0.5) is 11.8 Å². The van der Waals surface area contributed by atoms with Gasteiger partial charge >= 0.3 is 0 Å². The number of fused-ring (bicyclic) bond motifs is 2. The van der Waals surface area contributed by atoms with Crippen LogP contribution in [-0.2, 0) is 13.0 Å². The van der Waals surface area contributed by atoms with Crippen molar-refractivity contribution in [2.75, 3.05) is 29.9 Å². The summed E-state index contributed by atoms with van der Waals surface area (Å²) in [6.07, 6.45) is 8.92. The second kappa shape index (κ2) is 7.99. The Labute approximate surface area is 189 Å². The molecule has 0 aliphatic carbocycles. The van der Waals surface area contributed by atoms with Crippen LogP contribution in [0.1, 0.15) is 17.7 Å². The topological polar surface area (TPSA) is 108 Å². The first-order valence-electron chi connectivity index (χ1n) is 10.8. The molecule has 32 heavy (non-hydrogen) atoms. The first-order valence-corrected chi connectivity index (χ1v) is 11.1. The van der Waals surface area contributed by atoms with Crippen LogP contribution in [0.3, 0.4) is 0 Å². The number of rotatable bonds is 4. The molecule has 1 saturated heterocycles. The molecule has 0 amide bonds. The number of pyridine rings is 1. The molecule has 4 aromatic heterocycles. The van der Waals surface area contributed by atoms with Crippen molar-refractivity contribution in [2.45, 2.75) is 25.4 Å². The largest absolute Gasteiger partial charge is 0.354 e. The molecule has 0 unspecified atom stereocenters. The normalized spacial score (nSPS) is 18.2. The van der Waals surface area contributed by atoms with Gasteiger partial charge in [-0.1, -0.05) is 11.6 Å². The van der Waals surface area contributed by atoms with Gasteiger partial charge in [0.25, 0.3) is 0 Å². The Hall–Kier alpha value is -3.30. The van der Waals surface area contributed by atoms with Crippen molar-refractivity contribution in [1.82, 2.24) is 35.2 Å². The van der Waals surface area contributed by atoms with Gasteiger partial charge < -0.3 is 20.5 Å². The van der Waals surface area contributed by atoms with Crippen LogP contribution in [0.5, 0.6) is 0 Å². The molecule has 1 atom stereocenters. The van der Waals surface area contributed by atoms with Crippen molar-refractivity contribution in [3.8, 4) is 11.3 Å². The van der Waals surface area contributed by atoms with Crippen LogP contribution >= 0.6 is 11.6 Å². The Morgan fingerprint density at radius 3 is 3.12 bits per heavy atom. The number of nitrogens with zero attached hydrogens (tertiary/aromatic N) is 6. The lowest BCUT2D eigenvalue weighted by atomic mass is 10.1. The monoisotopic (exact) mass is 447 g/mol. The molecule has 0 spiro atoms. The fraction of sp³-hybridized carbons (Fsp3) is 0.318. The van der Waals surface area contributed by atoms with Gasteiger partial charge in [-0.05, 0) is 31.5 Å². The lowest BCUT2D eigenvalue weighted by Gasteiger charge is -2.24. The van der Waals surface area contributed by atoms with Crippen LogP contribution in [0.15, 0.2) is 37.1 Å². The number of hydrogen-bond donors (Lipinski definition) is 3. The van der Waals surface area contributed by atoms with Crippen LogP contribution in [-0.4, -0.2) is 55.6 Å². The Bertz CT molecular complexity index is 1290. The number of anilines is 2. The third kappa shape index (κ3) is 3.43. The maximum atomic E-state index is 6.46. The number of halogens is 1. The number of H-pyrrole nitrogens is 1. The first kappa shape index (κ1) is 19.4. The SMILES string of the molecule is Clc1cnc(N[C@@H]2CCN(c3ncnc4c3CCNC4)C2)nc1-c1c[nH]c2ncccc12. The minimum atomic E-state index is 0.223. The van der Waals surface area contributed by atoms with Gasteiger partial charge in [0.15, 0.2) is 0 Å². The Morgan fingerprint density at radius 1 is 1.19 bits per heavy atom. The van der Waals surface area contributed by atoms with Crippen molar-refractivity contribution in [3.05, 3.63) is 53.3 Å². The molecule has 1 fully saturated rings. The van der Waals surface area contributed by atoms with E-state index in [1.807, 2.05) is 18.3 Å². The van der Waals surface area contributed by atoms with Gasteiger partial charge in [-0.2, -0.15) is 0 Å². The highest BCUT2D eigenvalue weighted by Crippen LogP contribution is 2.32. The van der Waals surface area contributed by atoms with Crippen LogP contribution in [0.25, 0.3) is 22.3 Å². The standard InChI is InChI=1S/C22H22ClN9/c23-17-9-27-22(31-19(17)16-8-26-20-14(16)2-1-5-25-20)30-13-4-7-32(11-13)21-15-3-6-24-10-18(15)28-12-29-21/h1-2,5,8-9,12-13,24H,3-4,6-7,10-11H2,(H,25,26)(H,27,30,31)/t13-/m1/s1. The fourth-order valence-corrected chi connectivity index (χ4v) is 4.76. The molecule has 2 aliphatic heterocycles. The summed E-state index contributed by atoms with van der Waals surface area (Å²) in [7, 11) is 0. The average Bonchev–Trinajstić information content (AvgIpc) is 3.47. The molecule has 0 bridgehead atoms. The summed E-state index contributed by atoms with van der Waals surface area (Å²) in [4.78, 5) is 28.1. The Morgan fingerprint density at radius 2 is 2.16 bits per heavy atom. The quantitative estimate of drug-likeness (QED) is 0.438. The molecule has 9 nitrogen and oxygen atoms in total. The van der Waals surface area contributed by atoms with E-state index in [1.165, 1.54) is 5.56 Å². The first-order chi connectivity index (χ1) is 15.8. The molecule has 162 valence electrons. The molecule has 10 heteroatoms. The van der Waals surface area contributed by atoms with Gasteiger partial charge in [0.2, 0.25) is 5.95 Å². The zero-order chi connectivity index (χ0) is 21.5. The predicted octanol–water partition coefficient (Wildman–Crippen LogP) is 2.80. The van der Waals surface area contributed by atoms with E-state index in [0.29, 0.717) is 16.7 Å². The zero-order valence-electron chi connectivity index (χ0n) is 17.3. The molecule has 6 heterocycles. The summed E-state index contributed by atoms with van der Waals surface area (Å²) < 4.78 is 0. The summed E-state index contributed by atoms with van der Waals surface area (Å²) in [5, 5.41) is 8.36. The fourth-order valence-electron chi connectivity index (χ4n) is 4.57. The van der Waals surface area contributed by atoms with Crippen molar-refractivity contribution >= 4 is 34.4 Å². The maximum absolute atomic E-state index is 6.46. The molecule has 4 aromatic rings. The average molecular weight is 448 g/mol. The maximum Gasteiger partial charge on any atom is 0.223 e. The molecular formula is C22H22ClN9. The van der Waals surface area contributed by atoms with Gasteiger partial charge in [0.05, 0.1) is 22.6 Å². The summed E-state index contributed by atoms with van der Waals surface area (Å²) in [6.45, 7) is 3.55. The molecule has 0 radical (unpaired) electrons. The van der Waals surface area contributed by atoms with Gasteiger partial charge in [0.1, 0.15) is 17.8 Å². The lowest BCUT2D eigenvalue weighted by molar-refractivity contribution is 0.620. The third-order valence-electron chi connectivity index (χ3n) is 6.13. The highest BCUT2D eigenvalue weighted by molar-refractivity contribution is 6.33. The van der Waals surface area contributed by atoms with Crippen LogP contribution < -0.4 is 15.5 Å². The van der Waals surface area contributed by atoms with E-state index in [2.05, 4.69) is 40.5 Å². The van der Waals surface area contributed by atoms with Gasteiger partial charge in [0, 0.05) is 54.6 Å². The molecular weight excluding hydrogens is 426 g/mol. The van der Waals surface area contributed by atoms with E-state index in [4.69, 9.17) is 16.6 Å². The van der Waals surface area contributed by atoms with E-state index in [-0.39, 0.29) is 6.04 Å². The zero-order valence-corrected chi connectivity index (χ0v) is 18.1. The van der Waals surface area contributed by atoms with Crippen LogP contribution in [0.2, 0.25) is 5.02 Å². The van der Waals surface area contributed by atoms with E-state index in [0.717, 1.165) is 67.1 Å². The number of nitrogens with one attached hydrogen (secondary N) is 3. The van der Waals surface area contributed by atoms with E-state index >= 15 is 0 Å². The van der Waals surface area contributed by atoms with Gasteiger partial charge in [-0.15, -0.1) is 0 Å². The number of aromatic nitrogens is 6. The lowest BCUT2D eigenvalue weighted by Crippen LogP contribution is -2.31. The predicted molar refractivity (Wildman–Crippen MR) is 124 cm³/mol. The highest BCUT2D eigenvalue weighted by Gasteiger charge is 2.28. The van der Waals surface area contributed by atoms with Crippen molar-refractivity contribution in [3.63, 3.8) is 0 Å². The Kier molecular flexibility index (Phi) is 4.84. The molecule has 0 aromatic carbocycles. The summed E-state index contributed by atoms with van der Waals surface area (Å²) in [6, 6.07) is 4.14. The smallest absolute Gasteiger partial charge is 0.223 e. The van der Waals surface area contributed by atoms with Crippen molar-refractivity contribution < 1.29 is 0 Å². The van der Waals surface area contributed by atoms with Crippen molar-refractivity contribution in [2.24, 2.45) is 0 Å². The van der Waals surface area contributed by atoms with Crippen LogP contribution in [0, 0.1) is 0 Å². The van der Waals surface area contributed by atoms with Gasteiger partial charge in [-0.3, -0.25) is 0 Å². The third-order valence-corrected chi connectivity index (χ3v) is 6.40. The summed E-state index contributed by atoms with van der Waals surface area (Å²) in [5.74, 6) is 1.63. The van der Waals surface area contributed by atoms with E-state index in [1.54, 1.807) is 18.7 Å². The van der Waals surface area contributed by atoms with E-state index < -0.39 is 0 Å². The minimum absolute atomic E-state index is 0.223. The minimum Gasteiger partial charge on any atom is -0.354 e. The molecule has 2 aliphatic rings. The molecule has 0 saturated carbocycles. The molecule has 3 N–H and O–H groups in total. The number of hydrogen-bond acceptors (Lipinski definition) is 8. The van der Waals surface area contributed by atoms with E-state index in [9.17, 15) is 0 Å². The van der Waals surface area contributed by atoms with Gasteiger partial charge in [-0.25, -0.2) is 24.9 Å².